The standard InChI is InChI=1S/C8H6N/c1-7-3-2-4-8(5-7)6-9/h2-5H,1H2. The van der Waals surface area contributed by atoms with Crippen molar-refractivity contribution >= 4 is 0 Å². The third kappa shape index (κ3) is 1.30. The van der Waals surface area contributed by atoms with Crippen LogP contribution in [0.4, 0.5) is 0 Å². The number of nitriles is 1. The fraction of sp³-hybridized carbons (Fsp3) is 0. The molecule has 0 aliphatic carbocycles. The van der Waals surface area contributed by atoms with Crippen LogP contribution in [0.1, 0.15) is 11.1 Å². The molecule has 0 N–H and O–H groups in total. The molecule has 1 rings (SSSR count). The molecule has 0 saturated carbocycles. The molecule has 1 heteroatoms. The van der Waals surface area contributed by atoms with Crippen LogP contribution in [0.5, 0.6) is 0 Å². The van der Waals surface area contributed by atoms with E-state index in [1.165, 1.54) is 0 Å². The summed E-state index contributed by atoms with van der Waals surface area (Å²) >= 11 is 0. The highest BCUT2D eigenvalue weighted by atomic mass is 14.2. The quantitative estimate of drug-likeness (QED) is 0.506. The molecule has 0 saturated heterocycles. The zero-order chi connectivity index (χ0) is 6.69. The molecule has 43 valence electrons. The van der Waals surface area contributed by atoms with Gasteiger partial charge in [0.2, 0.25) is 0 Å². The molecule has 0 spiro atoms. The van der Waals surface area contributed by atoms with Gasteiger partial charge in [-0.15, -0.1) is 0 Å². The Morgan fingerprint density at radius 2 is 2.22 bits per heavy atom. The maximum atomic E-state index is 8.38. The highest BCUT2D eigenvalue weighted by Crippen LogP contribution is 2.00. The van der Waals surface area contributed by atoms with Gasteiger partial charge in [-0.05, 0) is 24.6 Å². The summed E-state index contributed by atoms with van der Waals surface area (Å²) in [6, 6.07) is 9.22. The number of hydrogen-bond acceptors (Lipinski definition) is 1. The summed E-state index contributed by atoms with van der Waals surface area (Å²) < 4.78 is 0. The van der Waals surface area contributed by atoms with Gasteiger partial charge in [0, 0.05) is 0 Å². The van der Waals surface area contributed by atoms with E-state index in [0.717, 1.165) is 5.56 Å². The predicted octanol–water partition coefficient (Wildman–Crippen LogP) is 1.74. The summed E-state index contributed by atoms with van der Waals surface area (Å²) in [7, 11) is 0. The van der Waals surface area contributed by atoms with Crippen LogP contribution < -0.4 is 0 Å². The second kappa shape index (κ2) is 2.32. The Morgan fingerprint density at radius 3 is 2.67 bits per heavy atom. The van der Waals surface area contributed by atoms with Crippen LogP contribution in [0.15, 0.2) is 24.3 Å². The Hall–Kier alpha value is -1.29. The minimum Gasteiger partial charge on any atom is -0.192 e. The predicted molar refractivity (Wildman–Crippen MR) is 35.6 cm³/mol. The fourth-order valence-electron chi connectivity index (χ4n) is 0.641. The lowest BCUT2D eigenvalue weighted by atomic mass is 10.2. The summed E-state index contributed by atoms with van der Waals surface area (Å²) in [6.07, 6.45) is 0. The molecule has 1 aromatic carbocycles. The second-order valence-electron chi connectivity index (χ2n) is 1.81. The summed E-state index contributed by atoms with van der Waals surface area (Å²) in [6.45, 7) is 3.68. The molecule has 0 aromatic heterocycles. The summed E-state index contributed by atoms with van der Waals surface area (Å²) in [5.74, 6) is 0. The van der Waals surface area contributed by atoms with Crippen LogP contribution >= 0.6 is 0 Å². The zero-order valence-electron chi connectivity index (χ0n) is 4.96. The minimum absolute atomic E-state index is 0.669. The maximum Gasteiger partial charge on any atom is 0.0991 e. The summed E-state index contributed by atoms with van der Waals surface area (Å²) in [4.78, 5) is 0. The molecule has 0 unspecified atom stereocenters. The van der Waals surface area contributed by atoms with Gasteiger partial charge < -0.3 is 0 Å². The molecule has 0 aliphatic rings. The van der Waals surface area contributed by atoms with E-state index in [9.17, 15) is 0 Å². The maximum absolute atomic E-state index is 8.38. The smallest absolute Gasteiger partial charge is 0.0991 e. The first kappa shape index (κ1) is 5.84. The molecule has 0 heterocycles. The summed E-state index contributed by atoms with van der Waals surface area (Å²) in [5, 5.41) is 8.38. The zero-order valence-corrected chi connectivity index (χ0v) is 4.96. The lowest BCUT2D eigenvalue weighted by Crippen LogP contribution is -1.73. The van der Waals surface area contributed by atoms with Crippen molar-refractivity contribution in [2.45, 2.75) is 0 Å². The highest BCUT2D eigenvalue weighted by molar-refractivity contribution is 5.33. The first-order valence-corrected chi connectivity index (χ1v) is 2.65. The van der Waals surface area contributed by atoms with Crippen molar-refractivity contribution in [3.63, 3.8) is 0 Å². The van der Waals surface area contributed by atoms with Gasteiger partial charge >= 0.3 is 0 Å². The molecule has 0 amide bonds. The van der Waals surface area contributed by atoms with Gasteiger partial charge in [-0.3, -0.25) is 0 Å². The lowest BCUT2D eigenvalue weighted by molar-refractivity contribution is 1.47. The number of hydrogen-bond donors (Lipinski definition) is 0. The van der Waals surface area contributed by atoms with E-state index in [-0.39, 0.29) is 0 Å². The Morgan fingerprint density at radius 1 is 1.44 bits per heavy atom. The van der Waals surface area contributed by atoms with E-state index in [1.54, 1.807) is 12.1 Å². The van der Waals surface area contributed by atoms with Crippen LogP contribution in [0.25, 0.3) is 0 Å². The van der Waals surface area contributed by atoms with Crippen molar-refractivity contribution in [3.05, 3.63) is 42.3 Å². The van der Waals surface area contributed by atoms with Crippen molar-refractivity contribution in [1.82, 2.24) is 0 Å². The highest BCUT2D eigenvalue weighted by Gasteiger charge is 1.86. The molecule has 0 fully saturated rings. The molecule has 9 heavy (non-hydrogen) atoms. The topological polar surface area (TPSA) is 23.8 Å². The van der Waals surface area contributed by atoms with Gasteiger partial charge in [0.15, 0.2) is 0 Å². The fourth-order valence-corrected chi connectivity index (χ4v) is 0.641. The number of nitrogens with zero attached hydrogens (tertiary/aromatic N) is 1. The average Bonchev–Trinajstić information content (AvgIpc) is 1.88. The van der Waals surface area contributed by atoms with Gasteiger partial charge in [-0.2, -0.15) is 5.26 Å². The van der Waals surface area contributed by atoms with Gasteiger partial charge in [-0.25, -0.2) is 0 Å². The van der Waals surface area contributed by atoms with E-state index in [4.69, 9.17) is 5.26 Å². The van der Waals surface area contributed by atoms with E-state index in [1.807, 2.05) is 18.2 Å². The average molecular weight is 116 g/mol. The summed E-state index contributed by atoms with van der Waals surface area (Å²) in [5.41, 5.74) is 1.55. The molecular formula is C8H6N. The molecule has 1 aromatic rings. The molecule has 1 nitrogen and oxygen atoms in total. The Labute approximate surface area is 54.6 Å². The van der Waals surface area contributed by atoms with Crippen molar-refractivity contribution in [3.8, 4) is 6.07 Å². The minimum atomic E-state index is 0.669. The van der Waals surface area contributed by atoms with Gasteiger partial charge in [0.05, 0.1) is 11.6 Å². The molecule has 0 bridgehead atoms. The number of rotatable bonds is 0. The molecule has 1 radical (unpaired) electrons. The molecular weight excluding hydrogens is 110 g/mol. The molecule has 0 atom stereocenters. The van der Waals surface area contributed by atoms with Gasteiger partial charge in [-0.1, -0.05) is 12.1 Å². The van der Waals surface area contributed by atoms with Crippen molar-refractivity contribution in [2.24, 2.45) is 0 Å². The Kier molecular flexibility index (Phi) is 1.51. The second-order valence-corrected chi connectivity index (χ2v) is 1.81. The third-order valence-electron chi connectivity index (χ3n) is 1.06. The number of benzene rings is 1. The molecule has 0 aliphatic heterocycles. The van der Waals surface area contributed by atoms with Crippen LogP contribution in [-0.4, -0.2) is 0 Å². The van der Waals surface area contributed by atoms with Crippen LogP contribution in [0.2, 0.25) is 0 Å². The lowest BCUT2D eigenvalue weighted by Gasteiger charge is -1.88. The Balaban J connectivity index is 3.12. The third-order valence-corrected chi connectivity index (χ3v) is 1.06. The van der Waals surface area contributed by atoms with Crippen molar-refractivity contribution in [2.75, 3.05) is 0 Å². The van der Waals surface area contributed by atoms with Crippen molar-refractivity contribution in [1.29, 1.82) is 5.26 Å². The van der Waals surface area contributed by atoms with E-state index in [2.05, 4.69) is 6.92 Å². The van der Waals surface area contributed by atoms with E-state index < -0.39 is 0 Å². The Bertz CT molecular complexity index is 245. The van der Waals surface area contributed by atoms with Gasteiger partial charge in [0.1, 0.15) is 0 Å². The van der Waals surface area contributed by atoms with Crippen LogP contribution in [0, 0.1) is 18.3 Å². The van der Waals surface area contributed by atoms with E-state index in [0.29, 0.717) is 5.56 Å². The van der Waals surface area contributed by atoms with Crippen LogP contribution in [-0.2, 0) is 0 Å². The monoisotopic (exact) mass is 116 g/mol. The first-order chi connectivity index (χ1) is 4.33. The first-order valence-electron chi connectivity index (χ1n) is 2.65. The van der Waals surface area contributed by atoms with Crippen molar-refractivity contribution < 1.29 is 0 Å². The van der Waals surface area contributed by atoms with Gasteiger partial charge in [0.25, 0.3) is 0 Å². The van der Waals surface area contributed by atoms with E-state index >= 15 is 0 Å². The van der Waals surface area contributed by atoms with Crippen LogP contribution in [0.3, 0.4) is 0 Å². The largest absolute Gasteiger partial charge is 0.192 e. The normalized spacial score (nSPS) is 8.44. The SMILES string of the molecule is [CH2]c1cccc(C#N)c1.